The van der Waals surface area contributed by atoms with Gasteiger partial charge < -0.3 is 15.0 Å². The van der Waals surface area contributed by atoms with E-state index in [1.54, 1.807) is 18.2 Å². The molecule has 8 nitrogen and oxygen atoms in total. The van der Waals surface area contributed by atoms with Gasteiger partial charge in [-0.1, -0.05) is 65.7 Å². The molecule has 0 aliphatic carbocycles. The molecule has 0 unspecified atom stereocenters. The number of hydrogen-bond donors (Lipinski definition) is 1. The molecule has 0 aromatic heterocycles. The number of ether oxygens (including phenoxy) is 1. The number of hydrogen-bond acceptors (Lipinski definition) is 5. The van der Waals surface area contributed by atoms with Crippen molar-refractivity contribution in [1.29, 1.82) is 0 Å². The highest BCUT2D eigenvalue weighted by molar-refractivity contribution is 7.92. The van der Waals surface area contributed by atoms with Gasteiger partial charge in [0.1, 0.15) is 18.3 Å². The van der Waals surface area contributed by atoms with Crippen LogP contribution in [0.15, 0.2) is 72.8 Å². The molecular formula is C30H35Cl2N3O5S. The van der Waals surface area contributed by atoms with Crippen molar-refractivity contribution in [2.24, 2.45) is 0 Å². The molecule has 2 amide bonds. The standard InChI is InChI=1S/C30H35Cl2N3O5S/c1-30(2,3)33-29(37)27(17-21-10-7-6-8-11-21)34(19-22-12-9-13-24(16-22)40-4)28(36)20-35(41(5,38)39)26-15-14-23(31)18-25(26)32/h6-16,18,27H,17,19-20H2,1-5H3,(H,33,37)/t27-/m0/s1. The number of halogens is 2. The van der Waals surface area contributed by atoms with Gasteiger partial charge in [-0.05, 0) is 62.2 Å². The third-order valence-electron chi connectivity index (χ3n) is 6.11. The zero-order valence-electron chi connectivity index (χ0n) is 23.7. The van der Waals surface area contributed by atoms with E-state index >= 15 is 0 Å². The maximum atomic E-state index is 14.2. The van der Waals surface area contributed by atoms with E-state index in [9.17, 15) is 18.0 Å². The smallest absolute Gasteiger partial charge is 0.244 e. The molecule has 0 heterocycles. The van der Waals surface area contributed by atoms with E-state index in [-0.39, 0.29) is 29.6 Å². The molecule has 220 valence electrons. The first-order valence-electron chi connectivity index (χ1n) is 12.9. The Balaban J connectivity index is 2.11. The lowest BCUT2D eigenvalue weighted by Crippen LogP contribution is -2.56. The van der Waals surface area contributed by atoms with Crippen molar-refractivity contribution in [3.8, 4) is 5.75 Å². The van der Waals surface area contributed by atoms with Crippen molar-refractivity contribution in [1.82, 2.24) is 10.2 Å². The van der Waals surface area contributed by atoms with Gasteiger partial charge in [-0.25, -0.2) is 8.42 Å². The second kappa shape index (κ2) is 13.6. The van der Waals surface area contributed by atoms with Crippen LogP contribution in [0, 0.1) is 0 Å². The minimum absolute atomic E-state index is 0.0248. The molecule has 0 radical (unpaired) electrons. The normalized spacial score (nSPS) is 12.4. The fourth-order valence-corrected chi connectivity index (χ4v) is 5.67. The lowest BCUT2D eigenvalue weighted by molar-refractivity contribution is -0.140. The Labute approximate surface area is 252 Å². The van der Waals surface area contributed by atoms with Gasteiger partial charge in [0, 0.05) is 23.5 Å². The summed E-state index contributed by atoms with van der Waals surface area (Å²) in [5.74, 6) is -0.373. The average molecular weight is 621 g/mol. The van der Waals surface area contributed by atoms with Crippen LogP contribution < -0.4 is 14.4 Å². The Morgan fingerprint density at radius 1 is 0.951 bits per heavy atom. The fourth-order valence-electron chi connectivity index (χ4n) is 4.25. The van der Waals surface area contributed by atoms with Crippen LogP contribution in [0.4, 0.5) is 5.69 Å². The quantitative estimate of drug-likeness (QED) is 0.313. The summed E-state index contributed by atoms with van der Waals surface area (Å²) in [5, 5.41) is 3.38. The number of carbonyl (C=O) groups is 2. The molecular weight excluding hydrogens is 585 g/mol. The Hall–Kier alpha value is -3.27. The minimum Gasteiger partial charge on any atom is -0.497 e. The van der Waals surface area contributed by atoms with E-state index < -0.39 is 34.1 Å². The summed E-state index contributed by atoms with van der Waals surface area (Å²) >= 11 is 12.4. The maximum absolute atomic E-state index is 14.2. The zero-order chi connectivity index (χ0) is 30.4. The van der Waals surface area contributed by atoms with Crippen LogP contribution in [-0.4, -0.2) is 56.6 Å². The van der Waals surface area contributed by atoms with Crippen molar-refractivity contribution in [3.63, 3.8) is 0 Å². The number of anilines is 1. The average Bonchev–Trinajstić information content (AvgIpc) is 2.88. The summed E-state index contributed by atoms with van der Waals surface area (Å²) in [5.41, 5.74) is 1.07. The molecule has 41 heavy (non-hydrogen) atoms. The second-order valence-corrected chi connectivity index (χ2v) is 13.4. The van der Waals surface area contributed by atoms with E-state index in [1.807, 2.05) is 57.2 Å². The Morgan fingerprint density at radius 3 is 2.20 bits per heavy atom. The highest BCUT2D eigenvalue weighted by Gasteiger charge is 2.34. The van der Waals surface area contributed by atoms with Gasteiger partial charge in [0.2, 0.25) is 21.8 Å². The SMILES string of the molecule is COc1cccc(CN(C(=O)CN(c2ccc(Cl)cc2Cl)S(C)(=O)=O)[C@@H](Cc2ccccc2)C(=O)NC(C)(C)C)c1. The van der Waals surface area contributed by atoms with Crippen LogP contribution in [0.2, 0.25) is 10.0 Å². The van der Waals surface area contributed by atoms with Crippen LogP contribution >= 0.6 is 23.2 Å². The summed E-state index contributed by atoms with van der Waals surface area (Å²) in [7, 11) is -2.42. The zero-order valence-corrected chi connectivity index (χ0v) is 26.1. The van der Waals surface area contributed by atoms with Gasteiger partial charge in [-0.3, -0.25) is 13.9 Å². The molecule has 0 bridgehead atoms. The van der Waals surface area contributed by atoms with Crippen LogP contribution in [0.25, 0.3) is 0 Å². The van der Waals surface area contributed by atoms with Gasteiger partial charge in [-0.2, -0.15) is 0 Å². The molecule has 0 spiro atoms. The van der Waals surface area contributed by atoms with Gasteiger partial charge in [0.25, 0.3) is 0 Å². The monoisotopic (exact) mass is 619 g/mol. The third-order valence-corrected chi connectivity index (χ3v) is 7.78. The van der Waals surface area contributed by atoms with E-state index in [0.29, 0.717) is 16.3 Å². The number of carbonyl (C=O) groups excluding carboxylic acids is 2. The molecule has 0 fully saturated rings. The predicted molar refractivity (Wildman–Crippen MR) is 164 cm³/mol. The summed E-state index contributed by atoms with van der Waals surface area (Å²) in [6, 6.07) is 19.9. The van der Waals surface area contributed by atoms with E-state index in [2.05, 4.69) is 5.32 Å². The third kappa shape index (κ3) is 9.38. The minimum atomic E-state index is -3.96. The first kappa shape index (κ1) is 32.2. The number of nitrogens with zero attached hydrogens (tertiary/aromatic N) is 2. The molecule has 0 aliphatic heterocycles. The van der Waals surface area contributed by atoms with E-state index in [0.717, 1.165) is 16.1 Å². The summed E-state index contributed by atoms with van der Waals surface area (Å²) in [6.45, 7) is 5.00. The van der Waals surface area contributed by atoms with Crippen LogP contribution in [-0.2, 0) is 32.6 Å². The van der Waals surface area contributed by atoms with Crippen molar-refractivity contribution < 1.29 is 22.7 Å². The van der Waals surface area contributed by atoms with E-state index in [4.69, 9.17) is 27.9 Å². The topological polar surface area (TPSA) is 96.0 Å². The van der Waals surface area contributed by atoms with Crippen molar-refractivity contribution in [3.05, 3.63) is 94.0 Å². The number of sulfonamides is 1. The van der Waals surface area contributed by atoms with Gasteiger partial charge >= 0.3 is 0 Å². The summed E-state index contributed by atoms with van der Waals surface area (Å²) in [6.07, 6.45) is 1.20. The molecule has 0 aliphatic rings. The van der Waals surface area contributed by atoms with Crippen molar-refractivity contribution >= 4 is 50.7 Å². The largest absolute Gasteiger partial charge is 0.497 e. The highest BCUT2D eigenvalue weighted by atomic mass is 35.5. The molecule has 3 aromatic rings. The number of methoxy groups -OCH3 is 1. The highest BCUT2D eigenvalue weighted by Crippen LogP contribution is 2.31. The lowest BCUT2D eigenvalue weighted by atomic mass is 10.0. The molecule has 1 N–H and O–H groups in total. The molecule has 3 rings (SSSR count). The van der Waals surface area contributed by atoms with Gasteiger partial charge in [0.15, 0.2) is 0 Å². The molecule has 1 atom stereocenters. The van der Waals surface area contributed by atoms with E-state index in [1.165, 1.54) is 30.2 Å². The van der Waals surface area contributed by atoms with Gasteiger partial charge in [0.05, 0.1) is 24.1 Å². The van der Waals surface area contributed by atoms with Crippen LogP contribution in [0.3, 0.4) is 0 Å². The summed E-state index contributed by atoms with van der Waals surface area (Å²) < 4.78 is 32.1. The maximum Gasteiger partial charge on any atom is 0.244 e. The predicted octanol–water partition coefficient (Wildman–Crippen LogP) is 5.32. The first-order chi connectivity index (χ1) is 19.2. The Kier molecular flexibility index (Phi) is 10.7. The molecule has 0 saturated carbocycles. The van der Waals surface area contributed by atoms with Crippen molar-refractivity contribution in [2.75, 3.05) is 24.2 Å². The van der Waals surface area contributed by atoms with Crippen LogP contribution in [0.5, 0.6) is 5.75 Å². The lowest BCUT2D eigenvalue weighted by Gasteiger charge is -2.35. The summed E-state index contributed by atoms with van der Waals surface area (Å²) in [4.78, 5) is 29.3. The Morgan fingerprint density at radius 2 is 1.61 bits per heavy atom. The number of benzene rings is 3. The van der Waals surface area contributed by atoms with Gasteiger partial charge in [-0.15, -0.1) is 0 Å². The molecule has 3 aromatic carbocycles. The van der Waals surface area contributed by atoms with Crippen molar-refractivity contribution in [2.45, 2.75) is 45.3 Å². The number of rotatable bonds is 11. The molecule has 0 saturated heterocycles. The number of nitrogens with one attached hydrogen (secondary N) is 1. The molecule has 11 heteroatoms. The Bertz CT molecular complexity index is 1480. The first-order valence-corrected chi connectivity index (χ1v) is 15.5. The van der Waals surface area contributed by atoms with Crippen LogP contribution in [0.1, 0.15) is 31.9 Å². The fraction of sp³-hybridized carbons (Fsp3) is 0.333. The number of amides is 2. The second-order valence-electron chi connectivity index (χ2n) is 10.7.